The summed E-state index contributed by atoms with van der Waals surface area (Å²) in [6.45, 7) is 4.79. The van der Waals surface area contributed by atoms with E-state index in [1.165, 1.54) is 0 Å². The molecule has 118 valence electrons. The number of benzene rings is 1. The predicted octanol–water partition coefficient (Wildman–Crippen LogP) is 3.20. The van der Waals surface area contributed by atoms with Crippen LogP contribution in [0.2, 0.25) is 0 Å². The third-order valence-electron chi connectivity index (χ3n) is 3.14. The van der Waals surface area contributed by atoms with Crippen LogP contribution >= 0.6 is 0 Å². The van der Waals surface area contributed by atoms with E-state index in [-0.39, 0.29) is 12.0 Å². The Balaban J connectivity index is 2.35. The number of hydrogen-bond donors (Lipinski definition) is 2. The monoisotopic (exact) mass is 294 g/mol. The number of nitrogens with one attached hydrogen (secondary N) is 1. The van der Waals surface area contributed by atoms with Gasteiger partial charge in [-0.15, -0.1) is 0 Å². The number of carbonyl (C=O) groups excluding carboxylic acids is 1. The van der Waals surface area contributed by atoms with Crippen LogP contribution in [0.3, 0.4) is 0 Å². The van der Waals surface area contributed by atoms with E-state index in [0.717, 1.165) is 12.8 Å². The van der Waals surface area contributed by atoms with E-state index in [4.69, 9.17) is 15.2 Å². The van der Waals surface area contributed by atoms with Crippen LogP contribution in [-0.2, 0) is 9.53 Å². The van der Waals surface area contributed by atoms with Crippen LogP contribution in [0.25, 0.3) is 0 Å². The summed E-state index contributed by atoms with van der Waals surface area (Å²) in [6.07, 6.45) is 3.53. The Bertz CT molecular complexity index is 449. The molecule has 5 heteroatoms. The number of rotatable bonds is 9. The van der Waals surface area contributed by atoms with E-state index in [9.17, 15) is 4.79 Å². The maximum atomic E-state index is 11.9. The third-order valence-corrected chi connectivity index (χ3v) is 3.14. The highest BCUT2D eigenvalue weighted by Gasteiger charge is 2.08. The zero-order valence-electron chi connectivity index (χ0n) is 13.1. The first kappa shape index (κ1) is 17.3. The zero-order valence-corrected chi connectivity index (χ0v) is 13.1. The van der Waals surface area contributed by atoms with E-state index >= 15 is 0 Å². The molecule has 1 aromatic carbocycles. The molecule has 0 heterocycles. The molecular formula is C16H26N2O3. The number of ether oxygens (including phenoxy) is 2. The maximum absolute atomic E-state index is 11.9. The lowest BCUT2D eigenvalue weighted by atomic mass is 10.2. The molecule has 1 aromatic rings. The minimum absolute atomic E-state index is 0.0642. The number of anilines is 2. The van der Waals surface area contributed by atoms with Gasteiger partial charge in [0.1, 0.15) is 5.75 Å². The van der Waals surface area contributed by atoms with Crippen LogP contribution < -0.4 is 15.8 Å². The highest BCUT2D eigenvalue weighted by atomic mass is 16.5. The molecule has 1 unspecified atom stereocenters. The molecule has 5 nitrogen and oxygen atoms in total. The third kappa shape index (κ3) is 6.49. The number of nitrogen functional groups attached to an aromatic ring is 1. The average Bonchev–Trinajstić information content (AvgIpc) is 2.44. The van der Waals surface area contributed by atoms with Crippen molar-refractivity contribution in [2.75, 3.05) is 24.8 Å². The van der Waals surface area contributed by atoms with Crippen LogP contribution in [0.5, 0.6) is 5.75 Å². The Morgan fingerprint density at radius 3 is 2.86 bits per heavy atom. The van der Waals surface area contributed by atoms with Gasteiger partial charge >= 0.3 is 0 Å². The summed E-state index contributed by atoms with van der Waals surface area (Å²) in [7, 11) is 1.56. The Hall–Kier alpha value is -1.75. The maximum Gasteiger partial charge on any atom is 0.224 e. The molecule has 1 atom stereocenters. The summed E-state index contributed by atoms with van der Waals surface area (Å²) in [5.41, 5.74) is 6.90. The predicted molar refractivity (Wildman–Crippen MR) is 85.6 cm³/mol. The Morgan fingerprint density at radius 1 is 1.43 bits per heavy atom. The molecule has 0 aliphatic rings. The number of hydrogen-bond acceptors (Lipinski definition) is 4. The van der Waals surface area contributed by atoms with Crippen LogP contribution in [0.4, 0.5) is 11.4 Å². The number of nitrogens with two attached hydrogens (primary N) is 1. The normalized spacial score (nSPS) is 12.0. The first-order chi connectivity index (χ1) is 10.1. The van der Waals surface area contributed by atoms with Crippen LogP contribution in [0.15, 0.2) is 18.2 Å². The van der Waals surface area contributed by atoms with Gasteiger partial charge in [-0.1, -0.05) is 13.3 Å². The summed E-state index contributed by atoms with van der Waals surface area (Å²) in [4.78, 5) is 11.9. The minimum atomic E-state index is -0.0642. The summed E-state index contributed by atoms with van der Waals surface area (Å²) in [6, 6.07) is 5.16. The van der Waals surface area contributed by atoms with Gasteiger partial charge in [0.2, 0.25) is 5.91 Å². The number of amides is 1. The van der Waals surface area contributed by atoms with Crippen molar-refractivity contribution in [3.05, 3.63) is 18.2 Å². The molecule has 0 aliphatic heterocycles. The highest BCUT2D eigenvalue weighted by molar-refractivity contribution is 5.92. The number of carbonyl (C=O) groups is 1. The first-order valence-electron chi connectivity index (χ1n) is 7.41. The van der Waals surface area contributed by atoms with Crippen molar-refractivity contribution >= 4 is 17.3 Å². The fourth-order valence-corrected chi connectivity index (χ4v) is 2.04. The van der Waals surface area contributed by atoms with Crippen molar-refractivity contribution in [2.24, 2.45) is 0 Å². The van der Waals surface area contributed by atoms with E-state index in [2.05, 4.69) is 19.2 Å². The number of methoxy groups -OCH3 is 1. The first-order valence-corrected chi connectivity index (χ1v) is 7.41. The van der Waals surface area contributed by atoms with Gasteiger partial charge < -0.3 is 20.5 Å². The van der Waals surface area contributed by atoms with Crippen LogP contribution in [-0.4, -0.2) is 25.7 Å². The molecule has 0 fully saturated rings. The lowest BCUT2D eigenvalue weighted by Gasteiger charge is -2.12. The molecule has 0 aliphatic carbocycles. The van der Waals surface area contributed by atoms with Crippen LogP contribution in [0, 0.1) is 0 Å². The second-order valence-corrected chi connectivity index (χ2v) is 5.08. The van der Waals surface area contributed by atoms with Gasteiger partial charge in [-0.3, -0.25) is 4.79 Å². The van der Waals surface area contributed by atoms with Gasteiger partial charge in [0.05, 0.1) is 18.9 Å². The summed E-state index contributed by atoms with van der Waals surface area (Å²) in [5, 5.41) is 2.82. The van der Waals surface area contributed by atoms with Gasteiger partial charge in [-0.2, -0.15) is 0 Å². The fourth-order valence-electron chi connectivity index (χ4n) is 2.04. The fraction of sp³-hybridized carbons (Fsp3) is 0.562. The van der Waals surface area contributed by atoms with Crippen molar-refractivity contribution in [1.82, 2.24) is 0 Å². The Morgan fingerprint density at radius 2 is 2.19 bits per heavy atom. The van der Waals surface area contributed by atoms with Gasteiger partial charge in [-0.05, 0) is 38.0 Å². The summed E-state index contributed by atoms with van der Waals surface area (Å²) >= 11 is 0. The van der Waals surface area contributed by atoms with E-state index in [0.29, 0.717) is 36.6 Å². The van der Waals surface area contributed by atoms with Crippen molar-refractivity contribution in [2.45, 2.75) is 45.6 Å². The van der Waals surface area contributed by atoms with Gasteiger partial charge in [0, 0.05) is 18.7 Å². The van der Waals surface area contributed by atoms with Crippen molar-refractivity contribution in [3.63, 3.8) is 0 Å². The van der Waals surface area contributed by atoms with Crippen molar-refractivity contribution < 1.29 is 14.3 Å². The minimum Gasteiger partial charge on any atom is -0.495 e. The Kier molecular flexibility index (Phi) is 7.61. The summed E-state index contributed by atoms with van der Waals surface area (Å²) in [5.74, 6) is 0.538. The largest absolute Gasteiger partial charge is 0.495 e. The van der Waals surface area contributed by atoms with E-state index in [1.807, 2.05) is 0 Å². The molecule has 0 saturated carbocycles. The van der Waals surface area contributed by atoms with E-state index < -0.39 is 0 Å². The molecule has 0 saturated heterocycles. The topological polar surface area (TPSA) is 73.6 Å². The van der Waals surface area contributed by atoms with Crippen LogP contribution in [0.1, 0.15) is 39.5 Å². The zero-order chi connectivity index (χ0) is 15.7. The molecule has 0 bridgehead atoms. The molecule has 21 heavy (non-hydrogen) atoms. The van der Waals surface area contributed by atoms with E-state index in [1.54, 1.807) is 25.3 Å². The molecule has 3 N–H and O–H groups in total. The average molecular weight is 294 g/mol. The van der Waals surface area contributed by atoms with Gasteiger partial charge in [-0.25, -0.2) is 0 Å². The molecule has 0 spiro atoms. The standard InChI is InChI=1S/C16H26N2O3/c1-4-6-12(2)21-10-5-7-16(19)18-14-11-13(17)8-9-15(14)20-3/h8-9,11-12H,4-7,10,17H2,1-3H3,(H,18,19). The SMILES string of the molecule is CCCC(C)OCCCC(=O)Nc1cc(N)ccc1OC. The molecule has 1 amide bonds. The lowest BCUT2D eigenvalue weighted by Crippen LogP contribution is -2.14. The Labute approximate surface area is 126 Å². The highest BCUT2D eigenvalue weighted by Crippen LogP contribution is 2.26. The molecule has 0 aromatic heterocycles. The second kappa shape index (κ2) is 9.23. The molecule has 1 rings (SSSR count). The van der Waals surface area contributed by atoms with Gasteiger partial charge in [0.15, 0.2) is 0 Å². The lowest BCUT2D eigenvalue weighted by molar-refractivity contribution is -0.116. The smallest absolute Gasteiger partial charge is 0.224 e. The summed E-state index contributed by atoms with van der Waals surface area (Å²) < 4.78 is 10.8. The van der Waals surface area contributed by atoms with Crippen molar-refractivity contribution in [1.29, 1.82) is 0 Å². The molecule has 0 radical (unpaired) electrons. The van der Waals surface area contributed by atoms with Crippen molar-refractivity contribution in [3.8, 4) is 5.75 Å². The van der Waals surface area contributed by atoms with Gasteiger partial charge in [0.25, 0.3) is 0 Å². The quantitative estimate of drug-likeness (QED) is 0.542. The molecular weight excluding hydrogens is 268 g/mol. The second-order valence-electron chi connectivity index (χ2n) is 5.08.